The van der Waals surface area contributed by atoms with Gasteiger partial charge in [0, 0.05) is 16.3 Å². The molecule has 1 amide bonds. The van der Waals surface area contributed by atoms with Crippen LogP contribution in [0.5, 0.6) is 5.75 Å². The van der Waals surface area contributed by atoms with E-state index in [1.807, 2.05) is 68.4 Å². The van der Waals surface area contributed by atoms with Gasteiger partial charge in [-0.15, -0.1) is 11.8 Å². The van der Waals surface area contributed by atoms with Crippen molar-refractivity contribution in [3.8, 4) is 5.75 Å². The molecule has 0 fully saturated rings. The van der Waals surface area contributed by atoms with Crippen LogP contribution in [0.15, 0.2) is 68.4 Å². The maximum Gasteiger partial charge on any atom is 0.252 e. The summed E-state index contributed by atoms with van der Waals surface area (Å²) in [5, 5.41) is 7.87. The lowest BCUT2D eigenvalue weighted by atomic mass is 10.1. The molecule has 2 heterocycles. The van der Waals surface area contributed by atoms with Crippen LogP contribution in [0.1, 0.15) is 40.5 Å². The second-order valence-corrected chi connectivity index (χ2v) is 7.96. The molecule has 0 saturated heterocycles. The summed E-state index contributed by atoms with van der Waals surface area (Å²) < 4.78 is 16.6. The molecule has 0 saturated carbocycles. The molecule has 0 aliphatic rings. The van der Waals surface area contributed by atoms with Crippen LogP contribution in [0.4, 0.5) is 0 Å². The van der Waals surface area contributed by atoms with E-state index in [0.717, 1.165) is 21.7 Å². The number of hydrogen-bond donors (Lipinski definition) is 1. The van der Waals surface area contributed by atoms with E-state index in [0.29, 0.717) is 28.4 Å². The average Bonchev–Trinajstić information content (AvgIpc) is 3.38. The monoisotopic (exact) mass is 422 g/mol. The Bertz CT molecular complexity index is 1180. The minimum atomic E-state index is -0.301. The summed E-state index contributed by atoms with van der Waals surface area (Å²) >= 11 is 1.54. The smallest absolute Gasteiger partial charge is 0.252 e. The van der Waals surface area contributed by atoms with Crippen LogP contribution in [-0.4, -0.2) is 18.2 Å². The van der Waals surface area contributed by atoms with Gasteiger partial charge in [-0.05, 0) is 38.1 Å². The van der Waals surface area contributed by atoms with Gasteiger partial charge in [0.1, 0.15) is 11.5 Å². The number of furan rings is 1. The molecule has 1 unspecified atom stereocenters. The summed E-state index contributed by atoms with van der Waals surface area (Å²) in [6, 6.07) is 16.8. The molecule has 4 aromatic rings. The summed E-state index contributed by atoms with van der Waals surface area (Å²) in [5.74, 6) is 2.56. The molecular weight excluding hydrogens is 400 g/mol. The number of fused-ring (bicyclic) bond motifs is 1. The molecule has 1 atom stereocenters. The Morgan fingerprint density at radius 2 is 2.03 bits per heavy atom. The van der Waals surface area contributed by atoms with E-state index in [1.54, 1.807) is 7.11 Å². The van der Waals surface area contributed by atoms with Gasteiger partial charge in [0.15, 0.2) is 11.3 Å². The Morgan fingerprint density at radius 3 is 2.80 bits per heavy atom. The molecule has 6 nitrogen and oxygen atoms in total. The van der Waals surface area contributed by atoms with Crippen LogP contribution in [0.2, 0.25) is 0 Å². The molecule has 0 bridgehead atoms. The summed E-state index contributed by atoms with van der Waals surface area (Å²) in [6.07, 6.45) is 0. The Kier molecular flexibility index (Phi) is 5.81. The summed E-state index contributed by atoms with van der Waals surface area (Å²) in [5.41, 5.74) is 2.13. The van der Waals surface area contributed by atoms with E-state index in [1.165, 1.54) is 11.8 Å². The first-order valence-electron chi connectivity index (χ1n) is 9.56. The second-order valence-electron chi connectivity index (χ2n) is 6.94. The van der Waals surface area contributed by atoms with Crippen molar-refractivity contribution in [1.29, 1.82) is 0 Å². The third-order valence-corrected chi connectivity index (χ3v) is 5.80. The van der Waals surface area contributed by atoms with Crippen LogP contribution in [0, 0.1) is 6.92 Å². The highest BCUT2D eigenvalue weighted by Gasteiger charge is 2.19. The van der Waals surface area contributed by atoms with Gasteiger partial charge in [-0.1, -0.05) is 29.4 Å². The van der Waals surface area contributed by atoms with Crippen molar-refractivity contribution in [3.63, 3.8) is 0 Å². The number of thioether (sulfide) groups is 1. The average molecular weight is 423 g/mol. The number of rotatable bonds is 7. The highest BCUT2D eigenvalue weighted by molar-refractivity contribution is 7.98. The van der Waals surface area contributed by atoms with Gasteiger partial charge >= 0.3 is 0 Å². The first-order valence-corrected chi connectivity index (χ1v) is 10.5. The van der Waals surface area contributed by atoms with E-state index in [2.05, 4.69) is 10.5 Å². The largest absolute Gasteiger partial charge is 0.493 e. The number of para-hydroxylation sites is 1. The quantitative estimate of drug-likeness (QED) is 0.395. The predicted octanol–water partition coefficient (Wildman–Crippen LogP) is 5.52. The number of amides is 1. The van der Waals surface area contributed by atoms with Crippen LogP contribution in [0.3, 0.4) is 0 Å². The number of aromatic nitrogens is 1. The van der Waals surface area contributed by atoms with Gasteiger partial charge in [0.2, 0.25) is 0 Å². The van der Waals surface area contributed by atoms with Crippen molar-refractivity contribution in [2.45, 2.75) is 30.5 Å². The zero-order valence-electron chi connectivity index (χ0n) is 17.0. The highest BCUT2D eigenvalue weighted by atomic mass is 32.2. The Labute approximate surface area is 178 Å². The van der Waals surface area contributed by atoms with Crippen LogP contribution in [0.25, 0.3) is 11.0 Å². The molecule has 0 radical (unpaired) electrons. The number of aryl methyl sites for hydroxylation is 1. The van der Waals surface area contributed by atoms with Crippen molar-refractivity contribution < 1.29 is 18.5 Å². The topological polar surface area (TPSA) is 77.5 Å². The van der Waals surface area contributed by atoms with E-state index in [9.17, 15) is 4.79 Å². The number of methoxy groups -OCH3 is 1. The van der Waals surface area contributed by atoms with Crippen molar-refractivity contribution in [3.05, 3.63) is 77.4 Å². The number of carbonyl (C=O) groups is 1. The number of benzene rings is 2. The van der Waals surface area contributed by atoms with Crippen LogP contribution < -0.4 is 10.1 Å². The molecule has 2 aromatic carbocycles. The minimum absolute atomic E-state index is 0.160. The van der Waals surface area contributed by atoms with Crippen molar-refractivity contribution in [2.75, 3.05) is 7.11 Å². The maximum atomic E-state index is 13.0. The van der Waals surface area contributed by atoms with Gasteiger partial charge in [-0.25, -0.2) is 0 Å². The Balaban J connectivity index is 1.49. The molecule has 4 rings (SSSR count). The van der Waals surface area contributed by atoms with Gasteiger partial charge in [0.05, 0.1) is 30.2 Å². The fraction of sp³-hybridized carbons (Fsp3) is 0.217. The standard InChI is InChI=1S/C23H22N2O4S/c1-14-11-17(29-25-14)13-30-21-10-5-4-8-18(21)23(26)24-15(2)20-12-16-7-6-9-19(27-3)22(16)28-20/h4-12,15H,13H2,1-3H3,(H,24,26). The summed E-state index contributed by atoms with van der Waals surface area (Å²) in [6.45, 7) is 3.78. The normalized spacial score (nSPS) is 12.1. The molecular formula is C23H22N2O4S. The number of nitrogens with zero attached hydrogens (tertiary/aromatic N) is 1. The van der Waals surface area contributed by atoms with Gasteiger partial charge in [0.25, 0.3) is 5.91 Å². The zero-order chi connectivity index (χ0) is 21.1. The fourth-order valence-corrected chi connectivity index (χ4v) is 4.11. The molecule has 0 aliphatic heterocycles. The predicted molar refractivity (Wildman–Crippen MR) is 116 cm³/mol. The lowest BCUT2D eigenvalue weighted by Gasteiger charge is -2.13. The second kappa shape index (κ2) is 8.67. The molecule has 0 spiro atoms. The first kappa shape index (κ1) is 20.1. The molecule has 7 heteroatoms. The van der Waals surface area contributed by atoms with E-state index >= 15 is 0 Å². The van der Waals surface area contributed by atoms with E-state index in [-0.39, 0.29) is 11.9 Å². The van der Waals surface area contributed by atoms with Gasteiger partial charge < -0.3 is 19.0 Å². The van der Waals surface area contributed by atoms with Gasteiger partial charge in [-0.2, -0.15) is 0 Å². The fourth-order valence-electron chi connectivity index (χ4n) is 3.19. The van der Waals surface area contributed by atoms with Crippen molar-refractivity contribution in [1.82, 2.24) is 10.5 Å². The van der Waals surface area contributed by atoms with Crippen LogP contribution in [-0.2, 0) is 5.75 Å². The molecule has 154 valence electrons. The molecule has 0 aliphatic carbocycles. The van der Waals surface area contributed by atoms with Crippen LogP contribution >= 0.6 is 11.8 Å². The highest BCUT2D eigenvalue weighted by Crippen LogP contribution is 2.31. The van der Waals surface area contributed by atoms with Crippen molar-refractivity contribution in [2.24, 2.45) is 0 Å². The summed E-state index contributed by atoms with van der Waals surface area (Å²) in [4.78, 5) is 13.9. The molecule has 2 aromatic heterocycles. The SMILES string of the molecule is COc1cccc2cc(C(C)NC(=O)c3ccccc3SCc3cc(C)no3)oc12. The number of ether oxygens (including phenoxy) is 1. The lowest BCUT2D eigenvalue weighted by molar-refractivity contribution is 0.0932. The third kappa shape index (κ3) is 4.21. The Morgan fingerprint density at radius 1 is 1.20 bits per heavy atom. The summed E-state index contributed by atoms with van der Waals surface area (Å²) in [7, 11) is 1.61. The number of nitrogens with one attached hydrogen (secondary N) is 1. The molecule has 30 heavy (non-hydrogen) atoms. The first-order chi connectivity index (χ1) is 14.5. The Hall–Kier alpha value is -3.19. The number of carbonyl (C=O) groups excluding carboxylic acids is 1. The maximum absolute atomic E-state index is 13.0. The van der Waals surface area contributed by atoms with Crippen molar-refractivity contribution >= 4 is 28.6 Å². The molecule has 1 N–H and O–H groups in total. The minimum Gasteiger partial charge on any atom is -0.493 e. The third-order valence-electron chi connectivity index (χ3n) is 4.70. The van der Waals surface area contributed by atoms with Gasteiger partial charge in [-0.3, -0.25) is 4.79 Å². The lowest BCUT2D eigenvalue weighted by Crippen LogP contribution is -2.26. The van der Waals surface area contributed by atoms with E-state index in [4.69, 9.17) is 13.7 Å². The zero-order valence-corrected chi connectivity index (χ0v) is 17.8. The number of hydrogen-bond acceptors (Lipinski definition) is 6. The van der Waals surface area contributed by atoms with E-state index < -0.39 is 0 Å².